The van der Waals surface area contributed by atoms with Gasteiger partial charge in [0.05, 0.1) is 0 Å². The third-order valence-corrected chi connectivity index (χ3v) is 1.08. The van der Waals surface area contributed by atoms with Crippen LogP contribution in [0.3, 0.4) is 0 Å². The monoisotopic (exact) mass is 246 g/mol. The predicted molar refractivity (Wildman–Crippen MR) is 84.7 cm³/mol. The number of ketones is 1. The quantitative estimate of drug-likeness (QED) is 0.487. The molecule has 0 aliphatic carbocycles. The highest BCUT2D eigenvalue weighted by Crippen LogP contribution is 1.82. The Balaban J connectivity index is -0.0000000371. The Morgan fingerprint density at radius 2 is 0.941 bits per heavy atom. The zero-order valence-electron chi connectivity index (χ0n) is 14.4. The van der Waals surface area contributed by atoms with E-state index < -0.39 is 0 Å². The number of allylic oxidation sites excluding steroid dienone is 2. The van der Waals surface area contributed by atoms with Crippen LogP contribution in [-0.2, 0) is 4.79 Å². The van der Waals surface area contributed by atoms with Crippen molar-refractivity contribution in [2.75, 3.05) is 0 Å². The first-order chi connectivity index (χ1) is 7.92. The van der Waals surface area contributed by atoms with Gasteiger partial charge in [-0.1, -0.05) is 66.0 Å². The lowest BCUT2D eigenvalue weighted by Crippen LogP contribution is -1.69. The molecule has 0 rings (SSSR count). The highest BCUT2D eigenvalue weighted by molar-refractivity contribution is 5.72. The van der Waals surface area contributed by atoms with Gasteiger partial charge in [-0.3, -0.25) is 0 Å². The molecular weight excluding hydrogens is 208 g/mol. The van der Waals surface area contributed by atoms with Crippen molar-refractivity contribution in [1.82, 2.24) is 0 Å². The first-order valence-electron chi connectivity index (χ1n) is 6.98. The molecule has 0 N–H and O–H groups in total. The summed E-state index contributed by atoms with van der Waals surface area (Å²) in [6.45, 7) is 21.6. The van der Waals surface area contributed by atoms with Crippen LogP contribution in [0.1, 0.15) is 89.0 Å². The van der Waals surface area contributed by atoms with Gasteiger partial charge in [-0.05, 0) is 34.6 Å². The molecule has 1 heteroatoms. The maximum atomic E-state index is 9.44. The first kappa shape index (κ1) is 29.9. The zero-order valence-corrected chi connectivity index (χ0v) is 14.4. The molecule has 0 fully saturated rings. The third kappa shape index (κ3) is 477. The van der Waals surface area contributed by atoms with Gasteiger partial charge in [0.15, 0.2) is 0 Å². The Bertz CT molecular complexity index is 113. The fraction of sp³-hybridized carbons (Fsp3) is 0.812. The Hall–Kier alpha value is -0.590. The van der Waals surface area contributed by atoms with Gasteiger partial charge >= 0.3 is 0 Å². The normalized spacial score (nSPS) is 6.06. The average molecular weight is 246 g/mol. The molecule has 0 bridgehead atoms. The Labute approximate surface area is 112 Å². The molecule has 0 aliphatic rings. The molecule has 0 aromatic heterocycles. The number of hydrogen-bond acceptors (Lipinski definition) is 1. The van der Waals surface area contributed by atoms with Crippen molar-refractivity contribution in [2.24, 2.45) is 0 Å². The van der Waals surface area contributed by atoms with E-state index in [0.717, 1.165) is 0 Å². The Morgan fingerprint density at radius 3 is 0.941 bits per heavy atom. The van der Waals surface area contributed by atoms with Crippen molar-refractivity contribution in [2.45, 2.75) is 89.0 Å². The molecular formula is C16H38O. The minimum Gasteiger partial charge on any atom is -0.300 e. The fourth-order valence-corrected chi connectivity index (χ4v) is 0. The van der Waals surface area contributed by atoms with Crippen LogP contribution in [0.15, 0.2) is 11.6 Å². The maximum absolute atomic E-state index is 9.44. The second kappa shape index (κ2) is 45.2. The molecule has 1 nitrogen and oxygen atoms in total. The SMILES string of the molecule is CC.CC.CC(C)=O.CC=C(C)C.CCCC. The average Bonchev–Trinajstić information content (AvgIpc) is 2.33. The van der Waals surface area contributed by atoms with E-state index in [1.165, 1.54) is 32.3 Å². The van der Waals surface area contributed by atoms with E-state index >= 15 is 0 Å². The van der Waals surface area contributed by atoms with Crippen LogP contribution in [0.4, 0.5) is 0 Å². The molecule has 0 unspecified atom stereocenters. The van der Waals surface area contributed by atoms with Crippen LogP contribution >= 0.6 is 0 Å². The number of Topliss-reactive ketones (excluding diaryl/α,β-unsaturated/α-hetero) is 1. The van der Waals surface area contributed by atoms with E-state index in [0.29, 0.717) is 0 Å². The molecule has 0 amide bonds. The largest absolute Gasteiger partial charge is 0.300 e. The minimum absolute atomic E-state index is 0.167. The van der Waals surface area contributed by atoms with Crippen molar-refractivity contribution in [1.29, 1.82) is 0 Å². The van der Waals surface area contributed by atoms with Crippen LogP contribution in [0, 0.1) is 0 Å². The molecule has 0 spiro atoms. The van der Waals surface area contributed by atoms with Gasteiger partial charge in [0.25, 0.3) is 0 Å². The lowest BCUT2D eigenvalue weighted by molar-refractivity contribution is -0.114. The molecule has 0 heterocycles. The standard InChI is InChI=1S/C5H10.C4H10.C3H6O.2C2H6/c1-4-5(2)3;1-3-4-2;1-3(2)4;2*1-2/h4H,1-3H3;3-4H2,1-2H3;1-2H3;2*1-2H3. The van der Waals surface area contributed by atoms with E-state index in [1.807, 2.05) is 34.6 Å². The molecule has 0 saturated heterocycles. The van der Waals surface area contributed by atoms with E-state index in [1.54, 1.807) is 0 Å². The van der Waals surface area contributed by atoms with Gasteiger partial charge < -0.3 is 4.79 Å². The van der Waals surface area contributed by atoms with Crippen molar-refractivity contribution in [3.8, 4) is 0 Å². The van der Waals surface area contributed by atoms with Crippen LogP contribution < -0.4 is 0 Å². The lowest BCUT2D eigenvalue weighted by Gasteiger charge is -1.74. The molecule has 17 heavy (non-hydrogen) atoms. The molecule has 0 saturated carbocycles. The Kier molecular flexibility index (Phi) is 79.7. The maximum Gasteiger partial charge on any atom is 0.126 e. The summed E-state index contributed by atoms with van der Waals surface area (Å²) in [6.07, 6.45) is 4.72. The van der Waals surface area contributed by atoms with Gasteiger partial charge in [0.1, 0.15) is 5.78 Å². The summed E-state index contributed by atoms with van der Waals surface area (Å²) >= 11 is 0. The van der Waals surface area contributed by atoms with E-state index in [9.17, 15) is 4.79 Å². The summed E-state index contributed by atoms with van der Waals surface area (Å²) in [5.41, 5.74) is 1.38. The summed E-state index contributed by atoms with van der Waals surface area (Å²) in [5, 5.41) is 0. The summed E-state index contributed by atoms with van der Waals surface area (Å²) in [7, 11) is 0. The summed E-state index contributed by atoms with van der Waals surface area (Å²) in [6, 6.07) is 0. The predicted octanol–water partition coefficient (Wildman–Crippen LogP) is 6.43. The zero-order chi connectivity index (χ0) is 15.3. The van der Waals surface area contributed by atoms with Crippen molar-refractivity contribution in [3.05, 3.63) is 11.6 Å². The van der Waals surface area contributed by atoms with E-state index in [-0.39, 0.29) is 5.78 Å². The van der Waals surface area contributed by atoms with Gasteiger partial charge in [-0.25, -0.2) is 0 Å². The number of carbonyl (C=O) groups excluding carboxylic acids is 1. The first-order valence-corrected chi connectivity index (χ1v) is 6.98. The number of unbranched alkanes of at least 4 members (excludes halogenated alkanes) is 1. The van der Waals surface area contributed by atoms with Gasteiger partial charge in [-0.15, -0.1) is 0 Å². The lowest BCUT2D eigenvalue weighted by atomic mass is 10.3. The smallest absolute Gasteiger partial charge is 0.126 e. The van der Waals surface area contributed by atoms with E-state index in [4.69, 9.17) is 0 Å². The number of carbonyl (C=O) groups is 1. The second-order valence-corrected chi connectivity index (χ2v) is 3.27. The molecule has 0 atom stereocenters. The number of rotatable bonds is 1. The molecule has 108 valence electrons. The number of hydrogen-bond donors (Lipinski definition) is 0. The van der Waals surface area contributed by atoms with Crippen LogP contribution in [0.25, 0.3) is 0 Å². The Morgan fingerprint density at radius 1 is 0.824 bits per heavy atom. The summed E-state index contributed by atoms with van der Waals surface area (Å²) in [5.74, 6) is 0.167. The van der Waals surface area contributed by atoms with Gasteiger partial charge in [-0.2, -0.15) is 0 Å². The molecule has 0 aromatic carbocycles. The van der Waals surface area contributed by atoms with Crippen molar-refractivity contribution in [3.63, 3.8) is 0 Å². The van der Waals surface area contributed by atoms with Crippen LogP contribution in [0.2, 0.25) is 0 Å². The summed E-state index contributed by atoms with van der Waals surface area (Å²) < 4.78 is 0. The third-order valence-electron chi connectivity index (χ3n) is 1.08. The van der Waals surface area contributed by atoms with Crippen LogP contribution in [0.5, 0.6) is 0 Å². The highest BCUT2D eigenvalue weighted by atomic mass is 16.1. The summed E-state index contributed by atoms with van der Waals surface area (Å²) in [4.78, 5) is 9.44. The second-order valence-electron chi connectivity index (χ2n) is 3.27. The van der Waals surface area contributed by atoms with Gasteiger partial charge in [0, 0.05) is 0 Å². The van der Waals surface area contributed by atoms with Crippen molar-refractivity contribution < 1.29 is 4.79 Å². The van der Waals surface area contributed by atoms with Crippen LogP contribution in [-0.4, -0.2) is 5.78 Å². The van der Waals surface area contributed by atoms with E-state index in [2.05, 4.69) is 33.8 Å². The highest BCUT2D eigenvalue weighted by Gasteiger charge is 1.62. The fourth-order valence-electron chi connectivity index (χ4n) is 0. The molecule has 0 radical (unpaired) electrons. The molecule has 0 aromatic rings. The van der Waals surface area contributed by atoms with Gasteiger partial charge in [0.2, 0.25) is 0 Å². The topological polar surface area (TPSA) is 17.1 Å². The van der Waals surface area contributed by atoms with Crippen molar-refractivity contribution >= 4 is 5.78 Å². The minimum atomic E-state index is 0.167. The molecule has 0 aliphatic heterocycles.